The molecular weight excluding hydrogens is 120 g/mol. The van der Waals surface area contributed by atoms with Gasteiger partial charge in [-0.2, -0.15) is 4.85 Å². The second kappa shape index (κ2) is 1.78. The number of nitrogens with zero attached hydrogens (tertiary/aromatic N) is 1. The van der Waals surface area contributed by atoms with Crippen molar-refractivity contribution in [2.24, 2.45) is 0 Å². The highest BCUT2D eigenvalue weighted by atomic mass is 16.4. The normalized spacial score (nSPS) is 8.89. The molecule has 9 heavy (non-hydrogen) atoms. The van der Waals surface area contributed by atoms with Crippen LogP contribution in [0.2, 0.25) is 0 Å². The number of hydrogen-bond acceptors (Lipinski definition) is 2. The van der Waals surface area contributed by atoms with Crippen molar-refractivity contribution in [2.75, 3.05) is 0 Å². The monoisotopic (exact) mass is 124 g/mol. The first kappa shape index (κ1) is 5.63. The Kier molecular flexibility index (Phi) is 1.12. The Morgan fingerprint density at radius 1 is 1.78 bits per heavy atom. The summed E-state index contributed by atoms with van der Waals surface area (Å²) in [6.45, 7) is 8.08. The molecule has 0 fully saturated rings. The second-order valence-electron chi connectivity index (χ2n) is 1.56. The molecule has 1 heterocycles. The number of hydrogen-bond donors (Lipinski definition) is 1. The molecule has 1 N–H and O–H groups in total. The first-order chi connectivity index (χ1) is 4.24. The molecule has 4 heteroatoms. The Morgan fingerprint density at radius 3 is 2.67 bits per heavy atom. The van der Waals surface area contributed by atoms with E-state index in [2.05, 4.69) is 14.2 Å². The molecule has 0 saturated heterocycles. The number of rotatable bonds is 0. The fraction of sp³-hybridized carbons (Fsp3) is 0.200. The highest BCUT2D eigenvalue weighted by Gasteiger charge is 2.01. The molecule has 1 rings (SSSR count). The lowest BCUT2D eigenvalue weighted by atomic mass is 10.5. The molecular formula is C5H4N2O2. The van der Waals surface area contributed by atoms with Gasteiger partial charge in [0.25, 0.3) is 0 Å². The van der Waals surface area contributed by atoms with Crippen molar-refractivity contribution in [1.82, 2.24) is 4.98 Å². The van der Waals surface area contributed by atoms with Gasteiger partial charge in [-0.1, -0.05) is 0 Å². The zero-order valence-electron chi connectivity index (χ0n) is 4.76. The fourth-order valence-electron chi connectivity index (χ4n) is 0.503. The van der Waals surface area contributed by atoms with Crippen LogP contribution in [0, 0.1) is 13.5 Å². The van der Waals surface area contributed by atoms with Crippen molar-refractivity contribution in [3.63, 3.8) is 0 Å². The number of aromatic nitrogens is 1. The van der Waals surface area contributed by atoms with E-state index in [1.165, 1.54) is 0 Å². The van der Waals surface area contributed by atoms with Crippen LogP contribution in [0.5, 0.6) is 0 Å². The standard InChI is InChI=1S/C5H4N2O2/c1-3-4(6-2)9-5(8)7-3/h1H3,(H,7,8). The topological polar surface area (TPSA) is 50.4 Å². The van der Waals surface area contributed by atoms with Crippen molar-refractivity contribution in [2.45, 2.75) is 6.92 Å². The minimum Gasteiger partial charge on any atom is -0.434 e. The van der Waals surface area contributed by atoms with Crippen molar-refractivity contribution in [1.29, 1.82) is 0 Å². The van der Waals surface area contributed by atoms with Crippen LogP contribution in [0.1, 0.15) is 5.69 Å². The van der Waals surface area contributed by atoms with Gasteiger partial charge in [-0.15, -0.1) is 0 Å². The van der Waals surface area contributed by atoms with Crippen LogP contribution in [0.3, 0.4) is 0 Å². The zero-order valence-corrected chi connectivity index (χ0v) is 4.76. The summed E-state index contributed by atoms with van der Waals surface area (Å²) in [5, 5.41) is 0. The molecule has 0 aliphatic rings. The molecule has 4 nitrogen and oxygen atoms in total. The summed E-state index contributed by atoms with van der Waals surface area (Å²) in [7, 11) is 0. The fourth-order valence-corrected chi connectivity index (χ4v) is 0.503. The maximum absolute atomic E-state index is 10.3. The third-order valence-corrected chi connectivity index (χ3v) is 0.901. The molecule has 0 amide bonds. The lowest BCUT2D eigenvalue weighted by Gasteiger charge is -1.74. The number of aromatic amines is 1. The van der Waals surface area contributed by atoms with Gasteiger partial charge in [0.1, 0.15) is 0 Å². The van der Waals surface area contributed by atoms with Crippen molar-refractivity contribution in [3.8, 4) is 0 Å². The third-order valence-electron chi connectivity index (χ3n) is 0.901. The zero-order chi connectivity index (χ0) is 6.85. The molecule has 0 aliphatic heterocycles. The average Bonchev–Trinajstić information content (AvgIpc) is 2.10. The van der Waals surface area contributed by atoms with Gasteiger partial charge in [0.15, 0.2) is 0 Å². The Bertz CT molecular complexity index is 301. The largest absolute Gasteiger partial charge is 0.434 e. The number of oxazole rings is 1. The third kappa shape index (κ3) is 0.842. The summed E-state index contributed by atoms with van der Waals surface area (Å²) in [6.07, 6.45) is 0. The van der Waals surface area contributed by atoms with Crippen LogP contribution in [0.4, 0.5) is 5.88 Å². The van der Waals surface area contributed by atoms with Crippen LogP contribution in [0.25, 0.3) is 4.85 Å². The van der Waals surface area contributed by atoms with E-state index in [4.69, 9.17) is 6.57 Å². The van der Waals surface area contributed by atoms with Gasteiger partial charge >= 0.3 is 11.6 Å². The summed E-state index contributed by atoms with van der Waals surface area (Å²) in [6, 6.07) is 0. The van der Waals surface area contributed by atoms with Gasteiger partial charge < -0.3 is 9.40 Å². The average molecular weight is 124 g/mol. The number of aryl methyl sites for hydroxylation is 1. The summed E-state index contributed by atoms with van der Waals surface area (Å²) in [5.74, 6) is -0.529. The predicted octanol–water partition coefficient (Wildman–Crippen LogP) is 0.827. The predicted molar refractivity (Wildman–Crippen MR) is 30.3 cm³/mol. The van der Waals surface area contributed by atoms with Crippen LogP contribution in [-0.4, -0.2) is 4.98 Å². The van der Waals surface area contributed by atoms with Crippen LogP contribution >= 0.6 is 0 Å². The summed E-state index contributed by atoms with van der Waals surface area (Å²) < 4.78 is 4.40. The number of nitrogens with one attached hydrogen (secondary N) is 1. The maximum atomic E-state index is 10.3. The van der Waals surface area contributed by atoms with E-state index in [9.17, 15) is 4.79 Å². The number of H-pyrrole nitrogens is 1. The van der Waals surface area contributed by atoms with E-state index in [1.807, 2.05) is 0 Å². The first-order valence-electron chi connectivity index (χ1n) is 2.31. The van der Waals surface area contributed by atoms with Gasteiger partial charge in [0.05, 0.1) is 12.3 Å². The van der Waals surface area contributed by atoms with E-state index < -0.39 is 5.76 Å². The quantitative estimate of drug-likeness (QED) is 0.520. The Morgan fingerprint density at radius 2 is 2.44 bits per heavy atom. The molecule has 0 bridgehead atoms. The highest BCUT2D eigenvalue weighted by Crippen LogP contribution is 2.11. The Labute approximate surface area is 50.9 Å². The lowest BCUT2D eigenvalue weighted by molar-refractivity contribution is 0.536. The summed E-state index contributed by atoms with van der Waals surface area (Å²) >= 11 is 0. The van der Waals surface area contributed by atoms with Gasteiger partial charge in [-0.05, 0) is 6.92 Å². The van der Waals surface area contributed by atoms with Crippen molar-refractivity contribution in [3.05, 3.63) is 27.7 Å². The van der Waals surface area contributed by atoms with Gasteiger partial charge in [-0.3, -0.25) is 0 Å². The molecule has 0 radical (unpaired) electrons. The molecule has 0 unspecified atom stereocenters. The Balaban J connectivity index is 3.37. The maximum Gasteiger partial charge on any atom is 0.403 e. The SMILES string of the molecule is [C-]#[N+]c1oc(=O)[nH]c1C. The molecule has 1 aromatic rings. The summed E-state index contributed by atoms with van der Waals surface area (Å²) in [4.78, 5) is 15.6. The molecule has 0 spiro atoms. The second-order valence-corrected chi connectivity index (χ2v) is 1.56. The molecule has 0 aromatic carbocycles. The molecule has 0 aliphatic carbocycles. The van der Waals surface area contributed by atoms with E-state index >= 15 is 0 Å². The molecule has 0 saturated carbocycles. The minimum absolute atomic E-state index is 0.0417. The van der Waals surface area contributed by atoms with Gasteiger partial charge in [0, 0.05) is 0 Å². The minimum atomic E-state index is -0.571. The smallest absolute Gasteiger partial charge is 0.403 e. The van der Waals surface area contributed by atoms with E-state index in [-0.39, 0.29) is 5.88 Å². The summed E-state index contributed by atoms with van der Waals surface area (Å²) in [5.41, 5.74) is 0.481. The Hall–Kier alpha value is -1.50. The van der Waals surface area contributed by atoms with Gasteiger partial charge in [0.2, 0.25) is 0 Å². The van der Waals surface area contributed by atoms with E-state index in [0.29, 0.717) is 5.69 Å². The van der Waals surface area contributed by atoms with E-state index in [1.54, 1.807) is 6.92 Å². The highest BCUT2D eigenvalue weighted by molar-refractivity contribution is 5.35. The van der Waals surface area contributed by atoms with Crippen molar-refractivity contribution >= 4 is 5.88 Å². The van der Waals surface area contributed by atoms with Crippen LogP contribution in [-0.2, 0) is 0 Å². The van der Waals surface area contributed by atoms with E-state index in [0.717, 1.165) is 0 Å². The molecule has 1 aromatic heterocycles. The lowest BCUT2D eigenvalue weighted by Crippen LogP contribution is -1.93. The van der Waals surface area contributed by atoms with Crippen LogP contribution < -0.4 is 5.76 Å². The van der Waals surface area contributed by atoms with Crippen LogP contribution in [0.15, 0.2) is 9.21 Å². The molecule has 46 valence electrons. The van der Waals surface area contributed by atoms with Crippen molar-refractivity contribution < 1.29 is 4.42 Å². The molecule has 0 atom stereocenters. The van der Waals surface area contributed by atoms with Gasteiger partial charge in [-0.25, -0.2) is 4.79 Å². The first-order valence-corrected chi connectivity index (χ1v) is 2.31.